The van der Waals surface area contributed by atoms with Crippen LogP contribution < -0.4 is 9.47 Å². The van der Waals surface area contributed by atoms with Gasteiger partial charge in [0, 0.05) is 73.2 Å². The third-order valence-electron chi connectivity index (χ3n) is 10.9. The van der Waals surface area contributed by atoms with Gasteiger partial charge in [-0.15, -0.1) is 0 Å². The Labute approximate surface area is 412 Å². The lowest BCUT2D eigenvalue weighted by atomic mass is 9.89. The second kappa shape index (κ2) is 26.0. The molecule has 0 spiro atoms. The van der Waals surface area contributed by atoms with Gasteiger partial charge < -0.3 is 35.0 Å². The highest BCUT2D eigenvalue weighted by Crippen LogP contribution is 2.39. The van der Waals surface area contributed by atoms with E-state index >= 15 is 0 Å². The summed E-state index contributed by atoms with van der Waals surface area (Å²) in [6.07, 6.45) is 7.15. The number of carboxylic acids is 3. The summed E-state index contributed by atoms with van der Waals surface area (Å²) < 4.78 is 11.4. The lowest BCUT2D eigenvalue weighted by Gasteiger charge is -2.20. The number of phenolic OH excluding ortho intramolecular Hbond substituents is 2. The quantitative estimate of drug-likeness (QED) is 0.108. The lowest BCUT2D eigenvalue weighted by Crippen LogP contribution is -2.09. The van der Waals surface area contributed by atoms with Gasteiger partial charge in [-0.2, -0.15) is 0 Å². The lowest BCUT2D eigenvalue weighted by molar-refractivity contribution is 0.0686. The number of rotatable bonds is 5. The highest BCUT2D eigenvalue weighted by atomic mass is 16.5. The summed E-state index contributed by atoms with van der Waals surface area (Å²) in [5.41, 5.74) is 7.10. The molecule has 8 aromatic rings. The molecule has 71 heavy (non-hydrogen) atoms. The summed E-state index contributed by atoms with van der Waals surface area (Å²) in [4.78, 5) is 52.2. The Hall–Kier alpha value is -8.91. The summed E-state index contributed by atoms with van der Waals surface area (Å²) in [5.74, 6) is -3.24. The molecule has 5 N–H and O–H groups in total. The maximum Gasteiger partial charge on any atom is 0.335 e. The number of benzene rings is 4. The van der Waals surface area contributed by atoms with Gasteiger partial charge in [-0.1, -0.05) is 42.5 Å². The first-order chi connectivity index (χ1) is 34.1. The first-order valence-electron chi connectivity index (χ1n) is 22.3. The first-order valence-corrected chi connectivity index (χ1v) is 22.3. The highest BCUT2D eigenvalue weighted by molar-refractivity contribution is 5.90. The van der Waals surface area contributed by atoms with Crippen LogP contribution in [0.4, 0.5) is 0 Å². The van der Waals surface area contributed by atoms with Crippen molar-refractivity contribution in [3.05, 3.63) is 236 Å². The van der Waals surface area contributed by atoms with Crippen molar-refractivity contribution in [3.63, 3.8) is 0 Å². The molecule has 1 aliphatic carbocycles. The van der Waals surface area contributed by atoms with E-state index in [0.717, 1.165) is 22.8 Å². The number of para-hydroxylation sites is 1. The number of carboxylic acid groups (broad SMARTS) is 3. The monoisotopic (exact) mass is 956 g/mol. The molecule has 0 fully saturated rings. The van der Waals surface area contributed by atoms with Gasteiger partial charge in [0.2, 0.25) is 0 Å². The summed E-state index contributed by atoms with van der Waals surface area (Å²) in [5, 5.41) is 52.4. The van der Waals surface area contributed by atoms with Crippen molar-refractivity contribution in [1.29, 1.82) is 0 Å². The molecule has 9 rings (SSSR count). The summed E-state index contributed by atoms with van der Waals surface area (Å²) in [7, 11) is 2.86. The van der Waals surface area contributed by atoms with Crippen molar-refractivity contribution in [2.75, 3.05) is 14.2 Å². The molecule has 0 saturated heterocycles. The van der Waals surface area contributed by atoms with E-state index in [9.17, 15) is 39.9 Å². The molecule has 14 nitrogen and oxygen atoms in total. The van der Waals surface area contributed by atoms with E-state index in [0.29, 0.717) is 39.1 Å². The van der Waals surface area contributed by atoms with Gasteiger partial charge in [-0.05, 0) is 157 Å². The highest BCUT2D eigenvalue weighted by Gasteiger charge is 2.24. The van der Waals surface area contributed by atoms with Crippen LogP contribution in [0.15, 0.2) is 152 Å². The fraction of sp³-hybridized carbons (Fsp3) is 0.175. The van der Waals surface area contributed by atoms with Crippen LogP contribution in [-0.2, 0) is 25.7 Å². The van der Waals surface area contributed by atoms with Gasteiger partial charge in [0.05, 0.1) is 30.9 Å². The van der Waals surface area contributed by atoms with Crippen LogP contribution in [0.1, 0.15) is 98.4 Å². The summed E-state index contributed by atoms with van der Waals surface area (Å²) in [6, 6.07) is 36.9. The van der Waals surface area contributed by atoms with Crippen molar-refractivity contribution < 1.29 is 49.4 Å². The molecule has 14 heteroatoms. The average molecular weight is 957 g/mol. The van der Waals surface area contributed by atoms with E-state index in [1.54, 1.807) is 43.0 Å². The topological polar surface area (TPSA) is 222 Å². The minimum absolute atomic E-state index is 0.0614. The van der Waals surface area contributed by atoms with Gasteiger partial charge in [0.1, 0.15) is 23.0 Å². The van der Waals surface area contributed by atoms with Crippen LogP contribution in [0.3, 0.4) is 0 Å². The van der Waals surface area contributed by atoms with Gasteiger partial charge in [0.25, 0.3) is 0 Å². The van der Waals surface area contributed by atoms with Crippen molar-refractivity contribution in [2.24, 2.45) is 0 Å². The largest absolute Gasteiger partial charge is 0.507 e. The van der Waals surface area contributed by atoms with E-state index in [1.807, 2.05) is 100 Å². The van der Waals surface area contributed by atoms with E-state index in [-0.39, 0.29) is 70.7 Å². The number of phenols is 2. The zero-order valence-corrected chi connectivity index (χ0v) is 40.3. The third kappa shape index (κ3) is 15.6. The van der Waals surface area contributed by atoms with Crippen molar-refractivity contribution in [3.8, 4) is 23.0 Å². The van der Waals surface area contributed by atoms with Crippen LogP contribution >= 0.6 is 0 Å². The molecule has 8 bridgehead atoms. The fourth-order valence-electron chi connectivity index (χ4n) is 7.50. The maximum absolute atomic E-state index is 12.1. The minimum Gasteiger partial charge on any atom is -0.507 e. The van der Waals surface area contributed by atoms with Crippen molar-refractivity contribution in [1.82, 2.24) is 19.9 Å². The molecular weight excluding hydrogens is 901 g/mol. The number of hydrogen-bond donors (Lipinski definition) is 5. The predicted octanol–water partition coefficient (Wildman–Crippen LogP) is 10.4. The number of aromatic hydroxyl groups is 2. The molecule has 364 valence electrons. The smallest absolute Gasteiger partial charge is 0.335 e. The third-order valence-corrected chi connectivity index (χ3v) is 10.9. The number of carbonyl (C=O) groups is 3. The first kappa shape index (κ1) is 53.1. The molecule has 4 aromatic heterocycles. The fourth-order valence-corrected chi connectivity index (χ4v) is 7.50. The Morgan fingerprint density at radius 1 is 0.380 bits per heavy atom. The standard InChI is InChI=1S/C33H28O10.4C6H7N/c1-42-29-16-4-3-5-17(29)7-19-11-25(32(38)39)13-21(28(19)35)9-23-15-26(33(40)41)14-22(30(23)43-2)8-20-12-24(31(36)37)10-18(6-16)27(20)34;4*1-6-4-2-3-5-7-6/h3-5,10-15,34-35H,6-9H2,1-2H3,(H,36,37)(H,38,39)(H,40,41);4*2-5H,1H3. The molecule has 0 aliphatic heterocycles. The van der Waals surface area contributed by atoms with Crippen LogP contribution in [0, 0.1) is 27.7 Å². The van der Waals surface area contributed by atoms with Gasteiger partial charge >= 0.3 is 17.9 Å². The number of aromatic carboxylic acids is 3. The number of hydrogen-bond acceptors (Lipinski definition) is 11. The SMILES string of the molecule is COc1c2cccc1Cc1cc(C(=O)O)cc(c1O)Cc1cc(C(=O)O)cc(c1OC)Cc1cc(C(=O)O)cc(c1O)C2.Cc1ccccn1.Cc1ccccn1.Cc1ccccn1.Cc1ccccn1. The molecule has 0 atom stereocenters. The molecule has 1 aliphatic rings. The molecule has 0 saturated carbocycles. The molecule has 0 unspecified atom stereocenters. The average Bonchev–Trinajstić information content (AvgIpc) is 3.35. The van der Waals surface area contributed by atoms with Gasteiger partial charge in [-0.3, -0.25) is 19.9 Å². The van der Waals surface area contributed by atoms with Gasteiger partial charge in [0.15, 0.2) is 0 Å². The van der Waals surface area contributed by atoms with Gasteiger partial charge in [-0.25, -0.2) is 14.4 Å². The number of methoxy groups -OCH3 is 2. The second-order valence-corrected chi connectivity index (χ2v) is 16.2. The van der Waals surface area contributed by atoms with E-state index < -0.39 is 17.9 Å². The van der Waals surface area contributed by atoms with Crippen molar-refractivity contribution in [2.45, 2.75) is 53.4 Å². The Kier molecular flexibility index (Phi) is 19.4. The summed E-state index contributed by atoms with van der Waals surface area (Å²) >= 11 is 0. The van der Waals surface area contributed by atoms with Crippen LogP contribution in [-0.4, -0.2) is 77.6 Å². The minimum atomic E-state index is -1.24. The zero-order valence-electron chi connectivity index (χ0n) is 40.3. The molecule has 0 amide bonds. The predicted molar refractivity (Wildman–Crippen MR) is 270 cm³/mol. The van der Waals surface area contributed by atoms with E-state index in [2.05, 4.69) is 19.9 Å². The number of aromatic nitrogens is 4. The zero-order chi connectivity index (χ0) is 51.5. The Balaban J connectivity index is 0.000000265. The normalized spacial score (nSPS) is 10.9. The van der Waals surface area contributed by atoms with E-state index in [4.69, 9.17) is 9.47 Å². The van der Waals surface area contributed by atoms with Crippen LogP contribution in [0.2, 0.25) is 0 Å². The number of aryl methyl sites for hydroxylation is 4. The number of nitrogens with zero attached hydrogens (tertiary/aromatic N) is 4. The molecule has 4 heterocycles. The Bertz CT molecular complexity index is 2780. The van der Waals surface area contributed by atoms with Crippen molar-refractivity contribution >= 4 is 17.9 Å². The number of ether oxygens (including phenoxy) is 2. The summed E-state index contributed by atoms with van der Waals surface area (Å²) in [6.45, 7) is 7.89. The molecular formula is C57H56N4O10. The van der Waals surface area contributed by atoms with Crippen LogP contribution in [0.25, 0.3) is 0 Å². The van der Waals surface area contributed by atoms with Crippen LogP contribution in [0.5, 0.6) is 23.0 Å². The Morgan fingerprint density at radius 2 is 0.634 bits per heavy atom. The number of pyridine rings is 4. The second-order valence-electron chi connectivity index (χ2n) is 16.2. The molecule has 4 aromatic carbocycles. The molecule has 0 radical (unpaired) electrons. The number of fused-ring (bicyclic) bond motifs is 8. The maximum atomic E-state index is 12.1. The Morgan fingerprint density at radius 3 is 0.845 bits per heavy atom. The van der Waals surface area contributed by atoms with E-state index in [1.165, 1.54) is 50.6 Å².